The molecule has 0 bridgehead atoms. The summed E-state index contributed by atoms with van der Waals surface area (Å²) in [6, 6.07) is 20.2. The summed E-state index contributed by atoms with van der Waals surface area (Å²) >= 11 is 3.25. The van der Waals surface area contributed by atoms with Gasteiger partial charge >= 0.3 is 0 Å². The van der Waals surface area contributed by atoms with E-state index in [0.29, 0.717) is 24.3 Å². The number of para-hydroxylation sites is 2. The van der Waals surface area contributed by atoms with Crippen LogP contribution in [0.15, 0.2) is 93.6 Å². The SMILES string of the molecule is Cc1c(C2=Nn3c(CCc4nnc5n4N=C(c4cnn(-c6ccccc6)c4C)CS5)nnc3SC2)cnn1-c1ccccc1. The van der Waals surface area contributed by atoms with Gasteiger partial charge in [-0.2, -0.15) is 29.8 Å². The van der Waals surface area contributed by atoms with Crippen molar-refractivity contribution >= 4 is 34.9 Å². The van der Waals surface area contributed by atoms with Gasteiger partial charge in [0.25, 0.3) is 0 Å². The molecule has 0 saturated carbocycles. The first-order valence-electron chi connectivity index (χ1n) is 14.1. The van der Waals surface area contributed by atoms with Crippen molar-refractivity contribution in [3.8, 4) is 11.4 Å². The van der Waals surface area contributed by atoms with Gasteiger partial charge in [-0.15, -0.1) is 20.4 Å². The summed E-state index contributed by atoms with van der Waals surface area (Å²) in [6.45, 7) is 4.14. The molecular weight excluding hydrogens is 593 g/mol. The minimum Gasteiger partial charge on any atom is -0.237 e. The molecule has 218 valence electrons. The Morgan fingerprint density at radius 2 is 1.02 bits per heavy atom. The van der Waals surface area contributed by atoms with Crippen molar-refractivity contribution in [1.82, 2.24) is 49.3 Å². The van der Waals surface area contributed by atoms with E-state index in [-0.39, 0.29) is 0 Å². The summed E-state index contributed by atoms with van der Waals surface area (Å²) in [7, 11) is 0. The predicted molar refractivity (Wildman–Crippen MR) is 169 cm³/mol. The Kier molecular flexibility index (Phi) is 6.71. The second-order valence-corrected chi connectivity index (χ2v) is 12.3. The van der Waals surface area contributed by atoms with Gasteiger partial charge in [-0.25, -0.2) is 9.36 Å². The molecule has 44 heavy (non-hydrogen) atoms. The first kappa shape index (κ1) is 26.8. The standard InChI is InChI=1S/C30H26N12S2/c1-19-23(15-31-39(19)21-9-5-3-6-10-21)25-17-43-29-35-33-27(41(29)37-25)13-14-28-34-36-30-42(28)38-26(18-44-30)24-16-32-40(20(24)2)22-11-7-4-8-12-22/h3-12,15-16H,13-14,17-18H2,1-2H3. The van der Waals surface area contributed by atoms with E-state index in [1.807, 2.05) is 91.8 Å². The van der Waals surface area contributed by atoms with Crippen LogP contribution in [0.1, 0.15) is 34.2 Å². The number of hydrogen-bond acceptors (Lipinski definition) is 10. The van der Waals surface area contributed by atoms with Crippen LogP contribution < -0.4 is 0 Å². The molecule has 0 amide bonds. The minimum atomic E-state index is 0.589. The Bertz CT molecular complexity index is 1900. The van der Waals surface area contributed by atoms with E-state index in [9.17, 15) is 0 Å². The van der Waals surface area contributed by atoms with E-state index >= 15 is 0 Å². The number of rotatable bonds is 7. The molecule has 0 atom stereocenters. The maximum atomic E-state index is 4.97. The van der Waals surface area contributed by atoms with Gasteiger partial charge in [0.1, 0.15) is 0 Å². The zero-order valence-corrected chi connectivity index (χ0v) is 25.6. The molecule has 2 aliphatic rings. The Balaban J connectivity index is 1.04. The van der Waals surface area contributed by atoms with Crippen molar-refractivity contribution in [1.29, 1.82) is 0 Å². The van der Waals surface area contributed by atoms with Gasteiger partial charge < -0.3 is 0 Å². The van der Waals surface area contributed by atoms with Crippen LogP contribution in [-0.2, 0) is 12.8 Å². The highest BCUT2D eigenvalue weighted by Gasteiger charge is 2.25. The van der Waals surface area contributed by atoms with Gasteiger partial charge in [0, 0.05) is 35.5 Å². The Hall–Kier alpha value is -4.82. The molecular formula is C30H26N12S2. The van der Waals surface area contributed by atoms with Crippen molar-refractivity contribution < 1.29 is 0 Å². The maximum Gasteiger partial charge on any atom is 0.212 e. The average molecular weight is 619 g/mol. The highest BCUT2D eigenvalue weighted by molar-refractivity contribution is 8.00. The summed E-state index contributed by atoms with van der Waals surface area (Å²) in [5.41, 5.74) is 8.05. The molecule has 14 heteroatoms. The lowest BCUT2D eigenvalue weighted by Gasteiger charge is -2.15. The van der Waals surface area contributed by atoms with Gasteiger partial charge in [0.2, 0.25) is 10.3 Å². The Morgan fingerprint density at radius 1 is 0.591 bits per heavy atom. The normalized spacial score (nSPS) is 14.2. The molecule has 0 fully saturated rings. The van der Waals surface area contributed by atoms with Gasteiger partial charge in [-0.3, -0.25) is 0 Å². The number of hydrogen-bond donors (Lipinski definition) is 0. The van der Waals surface area contributed by atoms with Gasteiger partial charge in [-0.1, -0.05) is 59.9 Å². The topological polar surface area (TPSA) is 122 Å². The second-order valence-electron chi connectivity index (χ2n) is 10.4. The minimum absolute atomic E-state index is 0.589. The fraction of sp³-hybridized carbons (Fsp3) is 0.200. The van der Waals surface area contributed by atoms with Crippen molar-refractivity contribution in [2.75, 3.05) is 11.5 Å². The van der Waals surface area contributed by atoms with Crippen LogP contribution in [0.2, 0.25) is 0 Å². The Morgan fingerprint density at radius 3 is 1.45 bits per heavy atom. The zero-order chi connectivity index (χ0) is 29.6. The van der Waals surface area contributed by atoms with Crippen molar-refractivity contribution in [3.05, 3.63) is 107 Å². The van der Waals surface area contributed by atoms with Gasteiger partial charge in [-0.05, 0) is 38.1 Å². The molecule has 0 aliphatic carbocycles. The molecule has 0 unspecified atom stereocenters. The fourth-order valence-corrected chi connectivity index (χ4v) is 7.07. The van der Waals surface area contributed by atoms with Crippen LogP contribution in [0.3, 0.4) is 0 Å². The lowest BCUT2D eigenvalue weighted by Crippen LogP contribution is -2.17. The third kappa shape index (κ3) is 4.66. The lowest BCUT2D eigenvalue weighted by molar-refractivity contribution is 0.660. The molecule has 2 aliphatic heterocycles. The molecule has 12 nitrogen and oxygen atoms in total. The summed E-state index contributed by atoms with van der Waals surface area (Å²) in [6.07, 6.45) is 4.95. The van der Waals surface area contributed by atoms with Crippen molar-refractivity contribution in [2.45, 2.75) is 37.0 Å². The maximum absolute atomic E-state index is 4.97. The monoisotopic (exact) mass is 618 g/mol. The van der Waals surface area contributed by atoms with Crippen LogP contribution in [0.5, 0.6) is 0 Å². The van der Waals surface area contributed by atoms with Crippen LogP contribution >= 0.6 is 23.5 Å². The molecule has 0 N–H and O–H groups in total. The summed E-state index contributed by atoms with van der Waals surface area (Å²) in [5, 5.41) is 38.5. The van der Waals surface area contributed by atoms with E-state index in [1.165, 1.54) is 0 Å². The lowest BCUT2D eigenvalue weighted by atomic mass is 10.2. The van der Waals surface area contributed by atoms with E-state index in [2.05, 4.69) is 44.4 Å². The molecule has 6 aromatic rings. The number of fused-ring (bicyclic) bond motifs is 2. The smallest absolute Gasteiger partial charge is 0.212 e. The summed E-state index contributed by atoms with van der Waals surface area (Å²) < 4.78 is 7.59. The predicted octanol–water partition coefficient (Wildman–Crippen LogP) is 4.36. The fourth-order valence-electron chi connectivity index (χ4n) is 5.38. The third-order valence-electron chi connectivity index (χ3n) is 7.69. The first-order chi connectivity index (χ1) is 21.6. The second kappa shape index (κ2) is 11.0. The zero-order valence-electron chi connectivity index (χ0n) is 23.9. The van der Waals surface area contributed by atoms with Crippen molar-refractivity contribution in [2.24, 2.45) is 10.2 Å². The number of aromatic nitrogens is 10. The van der Waals surface area contributed by atoms with Crippen LogP contribution in [-0.4, -0.2) is 72.2 Å². The van der Waals surface area contributed by atoms with Crippen LogP contribution in [0, 0.1) is 13.8 Å². The van der Waals surface area contributed by atoms with E-state index in [4.69, 9.17) is 10.2 Å². The molecule has 4 aromatic heterocycles. The van der Waals surface area contributed by atoms with Crippen LogP contribution in [0.4, 0.5) is 0 Å². The van der Waals surface area contributed by atoms with Gasteiger partial charge in [0.05, 0.1) is 46.6 Å². The van der Waals surface area contributed by atoms with Gasteiger partial charge in [0.15, 0.2) is 11.6 Å². The van der Waals surface area contributed by atoms with E-state index in [1.54, 1.807) is 23.5 Å². The summed E-state index contributed by atoms with van der Waals surface area (Å²) in [5.74, 6) is 2.93. The molecule has 0 spiro atoms. The quantitative estimate of drug-likeness (QED) is 0.259. The molecule has 6 heterocycles. The molecule has 0 saturated heterocycles. The Labute approximate surface area is 260 Å². The third-order valence-corrected chi connectivity index (χ3v) is 9.55. The summed E-state index contributed by atoms with van der Waals surface area (Å²) in [4.78, 5) is 0. The first-order valence-corrected chi connectivity index (χ1v) is 16.1. The highest BCUT2D eigenvalue weighted by atomic mass is 32.2. The average Bonchev–Trinajstić information content (AvgIpc) is 3.85. The number of nitrogens with zero attached hydrogens (tertiary/aromatic N) is 12. The van der Waals surface area contributed by atoms with Crippen molar-refractivity contribution in [3.63, 3.8) is 0 Å². The number of benzene rings is 2. The van der Waals surface area contributed by atoms with Crippen LogP contribution in [0.25, 0.3) is 11.4 Å². The molecule has 8 rings (SSSR count). The van der Waals surface area contributed by atoms with E-state index in [0.717, 1.165) is 67.3 Å². The number of aryl methyl sites for hydroxylation is 2. The molecule has 0 radical (unpaired) electrons. The van der Waals surface area contributed by atoms with E-state index < -0.39 is 0 Å². The number of thioether (sulfide) groups is 2. The highest BCUT2D eigenvalue weighted by Crippen LogP contribution is 2.28. The largest absolute Gasteiger partial charge is 0.237 e. The molecule has 2 aromatic carbocycles.